The van der Waals surface area contributed by atoms with E-state index < -0.39 is 12.1 Å². The molecule has 1 aliphatic heterocycles. The summed E-state index contributed by atoms with van der Waals surface area (Å²) in [5.74, 6) is 0.114. The lowest BCUT2D eigenvalue weighted by atomic mass is 9.87. The highest BCUT2D eigenvalue weighted by atomic mass is 16.3. The Hall–Kier alpha value is -3.09. The first-order valence-electron chi connectivity index (χ1n) is 9.63. The second-order valence-electron chi connectivity index (χ2n) is 7.26. The summed E-state index contributed by atoms with van der Waals surface area (Å²) < 4.78 is 5.20. The van der Waals surface area contributed by atoms with E-state index in [0.29, 0.717) is 5.76 Å². The first kappa shape index (κ1) is 18.3. The van der Waals surface area contributed by atoms with E-state index in [9.17, 15) is 14.4 Å². The molecule has 4 amide bonds. The number of carbonyl (C=O) groups is 3. The standard InChI is InChI=1S/C21H23N3O4/c25-19(22-17-9-3-6-14-5-1-2-8-16(14)17)11-10-18-20(26)24(21(27)23-18)13-15-7-4-12-28-15/h1-2,4-5,7-8,12,17-18H,3,6,9-11,13H2,(H,22,25)(H,23,27)/t17?,18-/m0/s1. The van der Waals surface area contributed by atoms with Crippen molar-refractivity contribution >= 4 is 17.8 Å². The molecule has 0 radical (unpaired) electrons. The molecule has 2 aliphatic rings. The van der Waals surface area contributed by atoms with Crippen molar-refractivity contribution in [2.45, 2.75) is 50.7 Å². The molecule has 0 bridgehead atoms. The van der Waals surface area contributed by atoms with Crippen molar-refractivity contribution < 1.29 is 18.8 Å². The highest BCUT2D eigenvalue weighted by molar-refractivity contribution is 6.04. The van der Waals surface area contributed by atoms with Crippen molar-refractivity contribution in [2.75, 3.05) is 0 Å². The van der Waals surface area contributed by atoms with Crippen molar-refractivity contribution in [3.8, 4) is 0 Å². The molecule has 7 heteroatoms. The van der Waals surface area contributed by atoms with Crippen molar-refractivity contribution in [1.82, 2.24) is 15.5 Å². The van der Waals surface area contributed by atoms with Gasteiger partial charge in [0.1, 0.15) is 11.8 Å². The second-order valence-corrected chi connectivity index (χ2v) is 7.26. The zero-order chi connectivity index (χ0) is 19.5. The fourth-order valence-electron chi connectivity index (χ4n) is 3.93. The molecule has 0 saturated carbocycles. The van der Waals surface area contributed by atoms with Crippen LogP contribution in [0.15, 0.2) is 47.1 Å². The molecule has 1 saturated heterocycles. The van der Waals surface area contributed by atoms with Crippen LogP contribution in [0.25, 0.3) is 0 Å². The number of aryl methyl sites for hydroxylation is 1. The van der Waals surface area contributed by atoms with Crippen LogP contribution in [0.4, 0.5) is 4.79 Å². The second kappa shape index (κ2) is 7.88. The molecular formula is C21H23N3O4. The molecule has 2 aromatic rings. The van der Waals surface area contributed by atoms with Gasteiger partial charge in [-0.15, -0.1) is 0 Å². The molecule has 1 aromatic heterocycles. The molecule has 1 aromatic carbocycles. The Kier molecular flexibility index (Phi) is 5.14. The third kappa shape index (κ3) is 3.78. The zero-order valence-corrected chi connectivity index (χ0v) is 15.5. The topological polar surface area (TPSA) is 91.7 Å². The molecule has 4 rings (SSSR count). The number of hydrogen-bond donors (Lipinski definition) is 2. The van der Waals surface area contributed by atoms with Crippen LogP contribution >= 0.6 is 0 Å². The third-order valence-electron chi connectivity index (χ3n) is 5.37. The van der Waals surface area contributed by atoms with Gasteiger partial charge in [0.2, 0.25) is 5.91 Å². The largest absolute Gasteiger partial charge is 0.467 e. The average Bonchev–Trinajstić information content (AvgIpc) is 3.30. The number of fused-ring (bicyclic) bond motifs is 1. The minimum Gasteiger partial charge on any atom is -0.467 e. The number of rotatable bonds is 6. The molecule has 1 fully saturated rings. The molecule has 146 valence electrons. The summed E-state index contributed by atoms with van der Waals surface area (Å²) >= 11 is 0. The summed E-state index contributed by atoms with van der Waals surface area (Å²) in [5.41, 5.74) is 2.46. The third-order valence-corrected chi connectivity index (χ3v) is 5.37. The maximum atomic E-state index is 12.5. The molecular weight excluding hydrogens is 358 g/mol. The number of imide groups is 1. The maximum Gasteiger partial charge on any atom is 0.325 e. The van der Waals surface area contributed by atoms with Crippen LogP contribution in [0.3, 0.4) is 0 Å². The highest BCUT2D eigenvalue weighted by Gasteiger charge is 2.38. The number of nitrogens with zero attached hydrogens (tertiary/aromatic N) is 1. The average molecular weight is 381 g/mol. The Bertz CT molecular complexity index is 878. The monoisotopic (exact) mass is 381 g/mol. The number of amides is 4. The Morgan fingerprint density at radius 2 is 2.07 bits per heavy atom. The molecule has 1 aliphatic carbocycles. The van der Waals surface area contributed by atoms with Crippen LogP contribution in [0, 0.1) is 0 Å². The van der Waals surface area contributed by atoms with E-state index >= 15 is 0 Å². The summed E-state index contributed by atoms with van der Waals surface area (Å²) in [7, 11) is 0. The summed E-state index contributed by atoms with van der Waals surface area (Å²) in [5, 5.41) is 5.74. The molecule has 2 atom stereocenters. The van der Waals surface area contributed by atoms with E-state index in [2.05, 4.69) is 22.8 Å². The number of nitrogens with one attached hydrogen (secondary N) is 2. The Morgan fingerprint density at radius 1 is 1.21 bits per heavy atom. The molecule has 0 spiro atoms. The first-order chi connectivity index (χ1) is 13.6. The van der Waals surface area contributed by atoms with Gasteiger partial charge in [-0.3, -0.25) is 14.5 Å². The van der Waals surface area contributed by atoms with E-state index in [4.69, 9.17) is 4.42 Å². The summed E-state index contributed by atoms with van der Waals surface area (Å²) in [6, 6.07) is 10.5. The van der Waals surface area contributed by atoms with Crippen LogP contribution in [0.5, 0.6) is 0 Å². The lowest BCUT2D eigenvalue weighted by Crippen LogP contribution is -2.34. The Balaban J connectivity index is 1.31. The summed E-state index contributed by atoms with van der Waals surface area (Å²) in [4.78, 5) is 38.1. The van der Waals surface area contributed by atoms with Crippen molar-refractivity contribution in [1.29, 1.82) is 0 Å². The lowest BCUT2D eigenvalue weighted by molar-refractivity contribution is -0.128. The minimum absolute atomic E-state index is 0.0155. The predicted molar refractivity (Wildman–Crippen MR) is 101 cm³/mol. The van der Waals surface area contributed by atoms with Crippen LogP contribution in [0.1, 0.15) is 48.6 Å². The van der Waals surface area contributed by atoms with E-state index in [0.717, 1.165) is 24.2 Å². The van der Waals surface area contributed by atoms with Gasteiger partial charge in [0.15, 0.2) is 0 Å². The molecule has 2 heterocycles. The van der Waals surface area contributed by atoms with Crippen LogP contribution < -0.4 is 10.6 Å². The van der Waals surface area contributed by atoms with E-state index in [1.165, 1.54) is 17.4 Å². The molecule has 1 unspecified atom stereocenters. The zero-order valence-electron chi connectivity index (χ0n) is 15.5. The smallest absolute Gasteiger partial charge is 0.325 e. The number of hydrogen-bond acceptors (Lipinski definition) is 4. The summed E-state index contributed by atoms with van der Waals surface area (Å²) in [6.45, 7) is 0.0964. The van der Waals surface area contributed by atoms with Gasteiger partial charge in [0.05, 0.1) is 18.8 Å². The van der Waals surface area contributed by atoms with Gasteiger partial charge in [0, 0.05) is 6.42 Å². The normalized spacial score (nSPS) is 21.4. The van der Waals surface area contributed by atoms with Gasteiger partial charge < -0.3 is 15.1 Å². The molecule has 2 N–H and O–H groups in total. The van der Waals surface area contributed by atoms with Gasteiger partial charge in [-0.05, 0) is 48.9 Å². The van der Waals surface area contributed by atoms with Crippen LogP contribution in [-0.4, -0.2) is 28.8 Å². The molecule has 28 heavy (non-hydrogen) atoms. The number of urea groups is 1. The number of benzene rings is 1. The SMILES string of the molecule is O=C(CC[C@@H]1NC(=O)N(Cc2ccco2)C1=O)NC1CCCc2ccccc21. The van der Waals surface area contributed by atoms with Gasteiger partial charge in [-0.25, -0.2) is 4.79 Å². The van der Waals surface area contributed by atoms with Gasteiger partial charge in [-0.2, -0.15) is 0 Å². The van der Waals surface area contributed by atoms with E-state index in [1.807, 2.05) is 12.1 Å². The summed E-state index contributed by atoms with van der Waals surface area (Å²) in [6.07, 6.45) is 4.96. The van der Waals surface area contributed by atoms with E-state index in [1.54, 1.807) is 12.1 Å². The Labute approximate surface area is 163 Å². The number of furan rings is 1. The fraction of sp³-hybridized carbons (Fsp3) is 0.381. The van der Waals surface area contributed by atoms with Crippen LogP contribution in [-0.2, 0) is 22.6 Å². The first-order valence-corrected chi connectivity index (χ1v) is 9.63. The quantitative estimate of drug-likeness (QED) is 0.753. The number of carbonyl (C=O) groups excluding carboxylic acids is 3. The van der Waals surface area contributed by atoms with Gasteiger partial charge in [-0.1, -0.05) is 24.3 Å². The lowest BCUT2D eigenvalue weighted by Gasteiger charge is -2.26. The van der Waals surface area contributed by atoms with Crippen molar-refractivity contribution in [3.05, 3.63) is 59.5 Å². The Morgan fingerprint density at radius 3 is 2.89 bits per heavy atom. The van der Waals surface area contributed by atoms with Gasteiger partial charge in [0.25, 0.3) is 5.91 Å². The predicted octanol–water partition coefficient (Wildman–Crippen LogP) is 2.67. The van der Waals surface area contributed by atoms with Gasteiger partial charge >= 0.3 is 6.03 Å². The highest BCUT2D eigenvalue weighted by Crippen LogP contribution is 2.29. The maximum absolute atomic E-state index is 12.5. The fourth-order valence-corrected chi connectivity index (χ4v) is 3.93. The van der Waals surface area contributed by atoms with Crippen molar-refractivity contribution in [3.63, 3.8) is 0 Å². The van der Waals surface area contributed by atoms with E-state index in [-0.39, 0.29) is 37.2 Å². The minimum atomic E-state index is -0.674. The molecule has 7 nitrogen and oxygen atoms in total. The van der Waals surface area contributed by atoms with Crippen LogP contribution in [0.2, 0.25) is 0 Å². The van der Waals surface area contributed by atoms with Crippen molar-refractivity contribution in [2.24, 2.45) is 0 Å².